The molecule has 2 aromatic rings. The lowest BCUT2D eigenvalue weighted by Crippen LogP contribution is -2.11. The molecule has 1 aliphatic carbocycles. The lowest BCUT2D eigenvalue weighted by Gasteiger charge is -2.08. The van der Waals surface area contributed by atoms with Gasteiger partial charge < -0.3 is 15.4 Å². The van der Waals surface area contributed by atoms with Gasteiger partial charge in [0, 0.05) is 19.0 Å². The number of rotatable bonds is 6. The highest BCUT2D eigenvalue weighted by Gasteiger charge is 2.38. The fourth-order valence-corrected chi connectivity index (χ4v) is 2.32. The van der Waals surface area contributed by atoms with Crippen molar-refractivity contribution in [2.24, 2.45) is 0 Å². The quantitative estimate of drug-likeness (QED) is 0.848. The Hall–Kier alpha value is -2.37. The number of aromatic nitrogens is 3. The number of benzene rings is 1. The average molecular weight is 285 g/mol. The van der Waals surface area contributed by atoms with E-state index in [-0.39, 0.29) is 0 Å². The van der Waals surface area contributed by atoms with Crippen LogP contribution in [-0.4, -0.2) is 34.6 Å². The Labute approximate surface area is 124 Å². The van der Waals surface area contributed by atoms with E-state index >= 15 is 0 Å². The summed E-state index contributed by atoms with van der Waals surface area (Å²) in [5.74, 6) is 1.59. The predicted octanol–water partition coefficient (Wildman–Crippen LogP) is 2.28. The SMILES string of the molecule is CCOc1nc(NC)nc(NC2CC2c2ccccc2)n1. The normalized spacial score (nSPS) is 19.9. The number of nitrogens with zero attached hydrogens (tertiary/aromatic N) is 3. The van der Waals surface area contributed by atoms with E-state index < -0.39 is 0 Å². The minimum absolute atomic E-state index is 0.344. The van der Waals surface area contributed by atoms with Crippen molar-refractivity contribution in [3.63, 3.8) is 0 Å². The number of nitrogens with one attached hydrogen (secondary N) is 2. The van der Waals surface area contributed by atoms with Gasteiger partial charge in [-0.2, -0.15) is 15.0 Å². The Morgan fingerprint density at radius 2 is 1.90 bits per heavy atom. The fourth-order valence-electron chi connectivity index (χ4n) is 2.32. The van der Waals surface area contributed by atoms with Crippen molar-refractivity contribution in [3.8, 4) is 6.01 Å². The van der Waals surface area contributed by atoms with E-state index in [0.717, 1.165) is 6.42 Å². The summed E-state index contributed by atoms with van der Waals surface area (Å²) < 4.78 is 5.36. The van der Waals surface area contributed by atoms with Crippen molar-refractivity contribution >= 4 is 11.9 Å². The summed E-state index contributed by atoms with van der Waals surface area (Å²) in [5, 5.41) is 6.28. The van der Waals surface area contributed by atoms with E-state index in [9.17, 15) is 0 Å². The lowest BCUT2D eigenvalue weighted by atomic mass is 10.1. The van der Waals surface area contributed by atoms with Crippen LogP contribution in [0.15, 0.2) is 30.3 Å². The molecular weight excluding hydrogens is 266 g/mol. The molecule has 0 radical (unpaired) electrons. The third kappa shape index (κ3) is 3.21. The summed E-state index contributed by atoms with van der Waals surface area (Å²) in [6.07, 6.45) is 1.09. The van der Waals surface area contributed by atoms with Gasteiger partial charge in [-0.3, -0.25) is 0 Å². The molecule has 3 rings (SSSR count). The Bertz CT molecular complexity index is 604. The number of hydrogen-bond acceptors (Lipinski definition) is 6. The molecule has 1 saturated carbocycles. The van der Waals surface area contributed by atoms with Crippen molar-refractivity contribution in [2.45, 2.75) is 25.3 Å². The Morgan fingerprint density at radius 1 is 1.14 bits per heavy atom. The highest BCUT2D eigenvalue weighted by atomic mass is 16.5. The maximum absolute atomic E-state index is 5.36. The predicted molar refractivity (Wildman–Crippen MR) is 81.8 cm³/mol. The van der Waals surface area contributed by atoms with Crippen LogP contribution in [0.1, 0.15) is 24.8 Å². The molecule has 1 heterocycles. The Kier molecular flexibility index (Phi) is 3.85. The first-order valence-corrected chi connectivity index (χ1v) is 7.18. The van der Waals surface area contributed by atoms with E-state index in [1.807, 2.05) is 13.0 Å². The molecule has 6 heteroatoms. The Morgan fingerprint density at radius 3 is 2.62 bits per heavy atom. The van der Waals surface area contributed by atoms with Crippen molar-refractivity contribution in [3.05, 3.63) is 35.9 Å². The van der Waals surface area contributed by atoms with Crippen LogP contribution in [-0.2, 0) is 0 Å². The topological polar surface area (TPSA) is 72.0 Å². The van der Waals surface area contributed by atoms with Crippen LogP contribution >= 0.6 is 0 Å². The second-order valence-corrected chi connectivity index (χ2v) is 4.95. The molecule has 1 fully saturated rings. The highest BCUT2D eigenvalue weighted by molar-refractivity contribution is 5.40. The molecule has 1 aromatic carbocycles. The van der Waals surface area contributed by atoms with E-state index in [0.29, 0.717) is 36.5 Å². The third-order valence-corrected chi connectivity index (χ3v) is 3.44. The summed E-state index contributed by atoms with van der Waals surface area (Å²) in [7, 11) is 1.78. The summed E-state index contributed by atoms with van der Waals surface area (Å²) in [6.45, 7) is 2.44. The highest BCUT2D eigenvalue weighted by Crippen LogP contribution is 2.42. The van der Waals surface area contributed by atoms with E-state index in [1.54, 1.807) is 7.05 Å². The standard InChI is InChI=1S/C15H19N5O/c1-3-21-15-19-13(16-2)18-14(20-15)17-12-9-11(12)10-7-5-4-6-8-10/h4-8,11-12H,3,9H2,1-2H3,(H2,16,17,18,19,20). The first kappa shape index (κ1) is 13.6. The number of hydrogen-bond donors (Lipinski definition) is 2. The zero-order valence-electron chi connectivity index (χ0n) is 12.2. The first-order chi connectivity index (χ1) is 10.3. The van der Waals surface area contributed by atoms with Gasteiger partial charge in [-0.15, -0.1) is 0 Å². The van der Waals surface area contributed by atoms with Crippen LogP contribution in [0.3, 0.4) is 0 Å². The van der Waals surface area contributed by atoms with Crippen molar-refractivity contribution in [2.75, 3.05) is 24.3 Å². The summed E-state index contributed by atoms with van der Waals surface area (Å²) in [4.78, 5) is 12.8. The van der Waals surface area contributed by atoms with Crippen LogP contribution < -0.4 is 15.4 Å². The average Bonchev–Trinajstić information content (AvgIpc) is 3.27. The van der Waals surface area contributed by atoms with Crippen LogP contribution in [0.5, 0.6) is 6.01 Å². The second-order valence-electron chi connectivity index (χ2n) is 4.95. The molecular formula is C15H19N5O. The minimum atomic E-state index is 0.344. The molecule has 2 atom stereocenters. The maximum atomic E-state index is 5.36. The first-order valence-electron chi connectivity index (χ1n) is 7.18. The van der Waals surface area contributed by atoms with Gasteiger partial charge in [0.05, 0.1) is 6.61 Å². The molecule has 6 nitrogen and oxygen atoms in total. The molecule has 0 saturated heterocycles. The van der Waals surface area contributed by atoms with Crippen LogP contribution in [0.4, 0.5) is 11.9 Å². The molecule has 2 unspecified atom stereocenters. The molecule has 110 valence electrons. The summed E-state index contributed by atoms with van der Waals surface area (Å²) in [6, 6.07) is 11.2. The molecule has 0 spiro atoms. The molecule has 1 aliphatic rings. The summed E-state index contributed by atoms with van der Waals surface area (Å²) >= 11 is 0. The largest absolute Gasteiger partial charge is 0.464 e. The van der Waals surface area contributed by atoms with Crippen molar-refractivity contribution in [1.82, 2.24) is 15.0 Å². The van der Waals surface area contributed by atoms with Gasteiger partial charge in [0.2, 0.25) is 11.9 Å². The van der Waals surface area contributed by atoms with Crippen molar-refractivity contribution in [1.29, 1.82) is 0 Å². The van der Waals surface area contributed by atoms with Gasteiger partial charge in [0.1, 0.15) is 0 Å². The van der Waals surface area contributed by atoms with E-state index in [1.165, 1.54) is 5.56 Å². The lowest BCUT2D eigenvalue weighted by molar-refractivity contribution is 0.312. The van der Waals surface area contributed by atoms with Gasteiger partial charge >= 0.3 is 6.01 Å². The minimum Gasteiger partial charge on any atom is -0.464 e. The molecule has 2 N–H and O–H groups in total. The van der Waals surface area contributed by atoms with Crippen LogP contribution in [0, 0.1) is 0 Å². The smallest absolute Gasteiger partial charge is 0.323 e. The van der Waals surface area contributed by atoms with Crippen LogP contribution in [0.25, 0.3) is 0 Å². The molecule has 0 bridgehead atoms. The van der Waals surface area contributed by atoms with Gasteiger partial charge in [-0.05, 0) is 18.9 Å². The van der Waals surface area contributed by atoms with Crippen molar-refractivity contribution < 1.29 is 4.74 Å². The monoisotopic (exact) mass is 285 g/mol. The van der Waals surface area contributed by atoms with E-state index in [4.69, 9.17) is 4.74 Å². The Balaban J connectivity index is 1.70. The third-order valence-electron chi connectivity index (χ3n) is 3.44. The number of anilines is 2. The maximum Gasteiger partial charge on any atom is 0.323 e. The molecule has 0 aliphatic heterocycles. The zero-order valence-corrected chi connectivity index (χ0v) is 12.2. The number of ether oxygens (including phenoxy) is 1. The van der Waals surface area contributed by atoms with Gasteiger partial charge in [0.15, 0.2) is 0 Å². The van der Waals surface area contributed by atoms with Gasteiger partial charge in [-0.1, -0.05) is 30.3 Å². The summed E-state index contributed by atoms with van der Waals surface area (Å²) in [5.41, 5.74) is 1.35. The van der Waals surface area contributed by atoms with E-state index in [2.05, 4.69) is 49.9 Å². The molecule has 1 aromatic heterocycles. The van der Waals surface area contributed by atoms with Gasteiger partial charge in [-0.25, -0.2) is 0 Å². The second kappa shape index (κ2) is 5.95. The molecule has 21 heavy (non-hydrogen) atoms. The van der Waals surface area contributed by atoms with Gasteiger partial charge in [0.25, 0.3) is 0 Å². The fraction of sp³-hybridized carbons (Fsp3) is 0.400. The molecule has 0 amide bonds. The zero-order chi connectivity index (χ0) is 14.7. The van der Waals surface area contributed by atoms with Crippen LogP contribution in [0.2, 0.25) is 0 Å².